The molecule has 0 saturated heterocycles. The minimum atomic E-state index is -0.329. The van der Waals surface area contributed by atoms with E-state index in [1.165, 1.54) is 12.3 Å². The number of aromatic nitrogens is 1. The van der Waals surface area contributed by atoms with Gasteiger partial charge in [-0.3, -0.25) is 14.6 Å². The van der Waals surface area contributed by atoms with Crippen molar-refractivity contribution >= 4 is 23.4 Å². The first-order chi connectivity index (χ1) is 13.1. The number of benzene rings is 1. The number of carbonyl (C=O) groups excluding carboxylic acids is 2. The summed E-state index contributed by atoms with van der Waals surface area (Å²) in [5, 5.41) is 6.21. The predicted octanol–water partition coefficient (Wildman–Crippen LogP) is 3.23. The third-order valence-electron chi connectivity index (χ3n) is 3.87. The van der Waals surface area contributed by atoms with Crippen molar-refractivity contribution in [3.63, 3.8) is 0 Å². The summed E-state index contributed by atoms with van der Waals surface area (Å²) in [6.07, 6.45) is 3.66. The van der Waals surface area contributed by atoms with Crippen molar-refractivity contribution in [3.8, 4) is 0 Å². The highest BCUT2D eigenvalue weighted by atomic mass is 35.5. The summed E-state index contributed by atoms with van der Waals surface area (Å²) < 4.78 is 5.17. The molecule has 7 heteroatoms. The minimum Gasteiger partial charge on any atom is -0.467 e. The Hall–Kier alpha value is -3.12. The Morgan fingerprint density at radius 1 is 1.04 bits per heavy atom. The van der Waals surface area contributed by atoms with Crippen LogP contribution >= 0.6 is 11.6 Å². The van der Waals surface area contributed by atoms with Gasteiger partial charge in [-0.1, -0.05) is 23.7 Å². The summed E-state index contributed by atoms with van der Waals surface area (Å²) in [6, 6.07) is 14.0. The van der Waals surface area contributed by atoms with E-state index in [4.69, 9.17) is 16.0 Å². The van der Waals surface area contributed by atoms with Crippen LogP contribution in [0, 0.1) is 0 Å². The molecule has 0 aliphatic rings. The summed E-state index contributed by atoms with van der Waals surface area (Å²) in [7, 11) is 0. The molecule has 27 heavy (non-hydrogen) atoms. The van der Waals surface area contributed by atoms with Gasteiger partial charge in [-0.25, -0.2) is 0 Å². The molecule has 1 aromatic carbocycles. The Balaban J connectivity index is 1.53. The monoisotopic (exact) mass is 383 g/mol. The van der Waals surface area contributed by atoms with Crippen LogP contribution in [0.1, 0.15) is 32.2 Å². The van der Waals surface area contributed by atoms with Crippen molar-refractivity contribution in [1.82, 2.24) is 15.6 Å². The topological polar surface area (TPSA) is 84.2 Å². The quantitative estimate of drug-likeness (QED) is 0.656. The fourth-order valence-corrected chi connectivity index (χ4v) is 2.57. The highest BCUT2D eigenvalue weighted by Crippen LogP contribution is 2.10. The molecule has 0 aliphatic heterocycles. The molecule has 0 radical (unpaired) electrons. The molecule has 3 aromatic rings. The van der Waals surface area contributed by atoms with Gasteiger partial charge in [0.25, 0.3) is 11.8 Å². The van der Waals surface area contributed by atoms with E-state index in [-0.39, 0.29) is 24.1 Å². The Labute approximate surface area is 161 Å². The summed E-state index contributed by atoms with van der Waals surface area (Å²) in [6.45, 7) is 0.730. The fraction of sp³-hybridized carbons (Fsp3) is 0.150. The molecule has 0 atom stereocenters. The number of pyridine rings is 1. The Bertz CT molecular complexity index is 908. The second kappa shape index (κ2) is 9.00. The molecule has 3 rings (SSSR count). The minimum absolute atomic E-state index is 0.191. The molecule has 0 spiro atoms. The molecular formula is C20H18ClN3O3. The zero-order valence-electron chi connectivity index (χ0n) is 14.4. The lowest BCUT2D eigenvalue weighted by atomic mass is 10.1. The van der Waals surface area contributed by atoms with E-state index in [2.05, 4.69) is 15.6 Å². The van der Waals surface area contributed by atoms with Gasteiger partial charge in [-0.2, -0.15) is 0 Å². The summed E-state index contributed by atoms with van der Waals surface area (Å²) >= 11 is 5.85. The first-order valence-corrected chi connectivity index (χ1v) is 8.79. The van der Waals surface area contributed by atoms with E-state index >= 15 is 0 Å². The summed E-state index contributed by atoms with van der Waals surface area (Å²) in [4.78, 5) is 28.5. The van der Waals surface area contributed by atoms with Crippen molar-refractivity contribution < 1.29 is 14.0 Å². The van der Waals surface area contributed by atoms with Crippen LogP contribution in [-0.4, -0.2) is 23.3 Å². The molecule has 2 aromatic heterocycles. The van der Waals surface area contributed by atoms with Gasteiger partial charge < -0.3 is 15.1 Å². The number of halogens is 1. The number of furan rings is 1. The normalized spacial score (nSPS) is 10.4. The Morgan fingerprint density at radius 2 is 1.85 bits per heavy atom. The molecule has 6 nitrogen and oxygen atoms in total. The van der Waals surface area contributed by atoms with Gasteiger partial charge >= 0.3 is 0 Å². The molecule has 0 unspecified atom stereocenters. The van der Waals surface area contributed by atoms with Gasteiger partial charge in [-0.05, 0) is 48.4 Å². The van der Waals surface area contributed by atoms with Crippen molar-refractivity contribution in [2.24, 2.45) is 0 Å². The summed E-state index contributed by atoms with van der Waals surface area (Å²) in [5.41, 5.74) is 1.62. The van der Waals surface area contributed by atoms with E-state index in [1.54, 1.807) is 24.5 Å². The largest absolute Gasteiger partial charge is 0.467 e. The van der Waals surface area contributed by atoms with Crippen LogP contribution in [0.2, 0.25) is 5.02 Å². The zero-order valence-corrected chi connectivity index (χ0v) is 15.2. The highest BCUT2D eigenvalue weighted by Gasteiger charge is 2.12. The SMILES string of the molecule is O=C(NCc1ccco1)c1ccnc(C(=O)NCCc2ccc(Cl)cc2)c1. The smallest absolute Gasteiger partial charge is 0.269 e. The predicted molar refractivity (Wildman–Crippen MR) is 102 cm³/mol. The maximum atomic E-state index is 12.3. The van der Waals surface area contributed by atoms with E-state index in [0.717, 1.165) is 5.56 Å². The van der Waals surface area contributed by atoms with Gasteiger partial charge in [0.2, 0.25) is 0 Å². The number of hydrogen-bond donors (Lipinski definition) is 2. The van der Waals surface area contributed by atoms with E-state index in [1.807, 2.05) is 24.3 Å². The second-order valence-corrected chi connectivity index (χ2v) is 6.26. The third kappa shape index (κ3) is 5.43. The van der Waals surface area contributed by atoms with E-state index in [9.17, 15) is 9.59 Å². The lowest BCUT2D eigenvalue weighted by molar-refractivity contribution is 0.0948. The molecule has 138 valence electrons. The molecule has 0 fully saturated rings. The first kappa shape index (κ1) is 18.7. The van der Waals surface area contributed by atoms with Gasteiger partial charge in [0.15, 0.2) is 0 Å². The van der Waals surface area contributed by atoms with Crippen molar-refractivity contribution in [2.45, 2.75) is 13.0 Å². The number of carbonyl (C=O) groups is 2. The summed E-state index contributed by atoms with van der Waals surface area (Å²) in [5.74, 6) is 0.0197. The van der Waals surface area contributed by atoms with Gasteiger partial charge in [0.1, 0.15) is 11.5 Å². The van der Waals surface area contributed by atoms with E-state index < -0.39 is 0 Å². The van der Waals surface area contributed by atoms with Gasteiger partial charge in [0.05, 0.1) is 12.8 Å². The molecule has 2 heterocycles. The Morgan fingerprint density at radius 3 is 2.59 bits per heavy atom. The lowest BCUT2D eigenvalue weighted by Crippen LogP contribution is -2.27. The van der Waals surface area contributed by atoms with Crippen LogP contribution in [0.15, 0.2) is 65.4 Å². The van der Waals surface area contributed by atoms with Crippen LogP contribution in [-0.2, 0) is 13.0 Å². The maximum absolute atomic E-state index is 12.3. The lowest BCUT2D eigenvalue weighted by Gasteiger charge is -2.07. The Kier molecular flexibility index (Phi) is 6.22. The number of nitrogens with one attached hydrogen (secondary N) is 2. The first-order valence-electron chi connectivity index (χ1n) is 8.41. The van der Waals surface area contributed by atoms with Crippen molar-refractivity contribution in [1.29, 1.82) is 0 Å². The third-order valence-corrected chi connectivity index (χ3v) is 4.12. The molecule has 0 bridgehead atoms. The van der Waals surface area contributed by atoms with Crippen molar-refractivity contribution in [2.75, 3.05) is 6.54 Å². The number of rotatable bonds is 7. The molecule has 2 N–H and O–H groups in total. The average Bonchev–Trinajstić information content (AvgIpc) is 3.21. The van der Waals surface area contributed by atoms with Crippen molar-refractivity contribution in [3.05, 3.63) is 88.6 Å². The highest BCUT2D eigenvalue weighted by molar-refractivity contribution is 6.30. The van der Waals surface area contributed by atoms with Crippen LogP contribution in [0.25, 0.3) is 0 Å². The second-order valence-electron chi connectivity index (χ2n) is 5.82. The standard InChI is InChI=1S/C20H18ClN3O3/c21-16-5-3-14(4-6-16)7-9-23-20(26)18-12-15(8-10-22-18)19(25)24-13-17-2-1-11-27-17/h1-6,8,10-12H,7,9,13H2,(H,23,26)(H,24,25). The van der Waals surface area contributed by atoms with Crippen LogP contribution < -0.4 is 10.6 Å². The molecule has 0 aliphatic carbocycles. The van der Waals surface area contributed by atoms with E-state index in [0.29, 0.717) is 29.3 Å². The van der Waals surface area contributed by atoms with Gasteiger partial charge in [-0.15, -0.1) is 0 Å². The molecule has 0 saturated carbocycles. The van der Waals surface area contributed by atoms with Crippen LogP contribution in [0.3, 0.4) is 0 Å². The van der Waals surface area contributed by atoms with Gasteiger partial charge in [0, 0.05) is 23.3 Å². The average molecular weight is 384 g/mol. The number of nitrogens with zero attached hydrogens (tertiary/aromatic N) is 1. The number of amides is 2. The maximum Gasteiger partial charge on any atom is 0.269 e. The fourth-order valence-electron chi connectivity index (χ4n) is 2.44. The van der Waals surface area contributed by atoms with Crippen LogP contribution in [0.4, 0.5) is 0 Å². The molecule has 2 amide bonds. The van der Waals surface area contributed by atoms with Crippen LogP contribution in [0.5, 0.6) is 0 Å². The molecular weight excluding hydrogens is 366 g/mol. The number of hydrogen-bond acceptors (Lipinski definition) is 4. The zero-order chi connectivity index (χ0) is 19.1.